The molecule has 1 heterocycles. The van der Waals surface area contributed by atoms with Gasteiger partial charge in [0, 0.05) is 35.7 Å². The molecule has 1 aromatic carbocycles. The lowest BCUT2D eigenvalue weighted by molar-refractivity contribution is -0.384. The van der Waals surface area contributed by atoms with Crippen molar-refractivity contribution in [2.24, 2.45) is 5.10 Å². The average molecular weight is 426 g/mol. The summed E-state index contributed by atoms with van der Waals surface area (Å²) in [6.07, 6.45) is 3.05. The maximum atomic E-state index is 12.5. The Balaban J connectivity index is 1.72. The molecule has 0 bridgehead atoms. The smallest absolute Gasteiger partial charge is 0.287 e. The van der Waals surface area contributed by atoms with E-state index >= 15 is 0 Å². The Hall–Kier alpha value is -3.49. The van der Waals surface area contributed by atoms with Crippen LogP contribution in [-0.2, 0) is 17.6 Å². The van der Waals surface area contributed by atoms with Crippen molar-refractivity contribution in [3.05, 3.63) is 62.6 Å². The first kappa shape index (κ1) is 22.2. The molecular formula is C22H26N4O5. The number of nitrogens with zero attached hydrogens (tertiary/aromatic N) is 2. The van der Waals surface area contributed by atoms with Crippen LogP contribution < -0.4 is 10.7 Å². The molecule has 164 valence electrons. The molecule has 3 rings (SSSR count). The van der Waals surface area contributed by atoms with E-state index in [1.807, 2.05) is 20.8 Å². The predicted octanol–water partition coefficient (Wildman–Crippen LogP) is 3.42. The number of rotatable bonds is 7. The molecule has 9 heteroatoms. The maximum Gasteiger partial charge on any atom is 0.287 e. The maximum absolute atomic E-state index is 12.5. The third kappa shape index (κ3) is 5.17. The van der Waals surface area contributed by atoms with Crippen molar-refractivity contribution in [2.45, 2.75) is 58.9 Å². The van der Waals surface area contributed by atoms with E-state index in [1.54, 1.807) is 12.1 Å². The van der Waals surface area contributed by atoms with E-state index < -0.39 is 4.92 Å². The number of hydrogen-bond acceptors (Lipinski definition) is 6. The van der Waals surface area contributed by atoms with Gasteiger partial charge in [-0.15, -0.1) is 0 Å². The predicted molar refractivity (Wildman–Crippen MR) is 115 cm³/mol. The Morgan fingerprint density at radius 1 is 1.26 bits per heavy atom. The molecule has 0 radical (unpaired) electrons. The molecule has 0 fully saturated rings. The van der Waals surface area contributed by atoms with Gasteiger partial charge in [-0.25, -0.2) is 5.43 Å². The lowest BCUT2D eigenvalue weighted by Gasteiger charge is -2.13. The standard InChI is InChI=1S/C22H26N4O5/c1-4-13(2)23-22(28)21-14(3)20-17(6-5-7-18(20)31-21)24-25-19(27)12-15-8-10-16(11-9-15)26(29)30/h8-11,13H,4-7,12H2,1-3H3,(H,23,28)(H,25,27)/b24-17+. The molecule has 1 aromatic heterocycles. The fourth-order valence-corrected chi connectivity index (χ4v) is 3.48. The van der Waals surface area contributed by atoms with Crippen LogP contribution in [0.4, 0.5) is 5.69 Å². The van der Waals surface area contributed by atoms with Gasteiger partial charge < -0.3 is 9.73 Å². The molecule has 1 aliphatic rings. The van der Waals surface area contributed by atoms with Gasteiger partial charge in [0.25, 0.3) is 11.6 Å². The van der Waals surface area contributed by atoms with Gasteiger partial charge in [0.05, 0.1) is 17.1 Å². The second kappa shape index (κ2) is 9.55. The van der Waals surface area contributed by atoms with Gasteiger partial charge >= 0.3 is 0 Å². The summed E-state index contributed by atoms with van der Waals surface area (Å²) in [5.41, 5.74) is 5.37. The summed E-state index contributed by atoms with van der Waals surface area (Å²) in [6.45, 7) is 5.76. The molecule has 0 spiro atoms. The lowest BCUT2D eigenvalue weighted by atomic mass is 9.93. The van der Waals surface area contributed by atoms with E-state index in [0.717, 1.165) is 24.0 Å². The van der Waals surface area contributed by atoms with E-state index in [4.69, 9.17) is 4.42 Å². The highest BCUT2D eigenvalue weighted by molar-refractivity contribution is 6.06. The van der Waals surface area contributed by atoms with Gasteiger partial charge in [-0.05, 0) is 38.7 Å². The first-order valence-corrected chi connectivity index (χ1v) is 10.3. The van der Waals surface area contributed by atoms with Crippen molar-refractivity contribution < 1.29 is 18.9 Å². The summed E-state index contributed by atoms with van der Waals surface area (Å²) < 4.78 is 5.85. The first-order chi connectivity index (χ1) is 14.8. The Kier molecular flexibility index (Phi) is 6.84. The molecule has 0 saturated carbocycles. The Bertz CT molecular complexity index is 1020. The van der Waals surface area contributed by atoms with Crippen molar-refractivity contribution in [1.82, 2.24) is 10.7 Å². The molecule has 2 N–H and O–H groups in total. The Morgan fingerprint density at radius 2 is 1.97 bits per heavy atom. The Morgan fingerprint density at radius 3 is 2.61 bits per heavy atom. The van der Waals surface area contributed by atoms with E-state index in [2.05, 4.69) is 15.8 Å². The van der Waals surface area contributed by atoms with Gasteiger partial charge in [0.1, 0.15) is 5.76 Å². The van der Waals surface area contributed by atoms with Gasteiger partial charge in [0.2, 0.25) is 5.91 Å². The highest BCUT2D eigenvalue weighted by Crippen LogP contribution is 2.30. The minimum atomic E-state index is -0.485. The summed E-state index contributed by atoms with van der Waals surface area (Å²) in [4.78, 5) is 35.1. The number of nitrogens with one attached hydrogen (secondary N) is 2. The van der Waals surface area contributed by atoms with Crippen LogP contribution in [0, 0.1) is 17.0 Å². The third-order valence-corrected chi connectivity index (χ3v) is 5.35. The van der Waals surface area contributed by atoms with Crippen LogP contribution in [0.25, 0.3) is 0 Å². The second-order valence-corrected chi connectivity index (χ2v) is 7.68. The molecule has 31 heavy (non-hydrogen) atoms. The van der Waals surface area contributed by atoms with Gasteiger partial charge in [-0.2, -0.15) is 5.10 Å². The van der Waals surface area contributed by atoms with E-state index in [1.165, 1.54) is 12.1 Å². The number of carbonyl (C=O) groups excluding carboxylic acids is 2. The van der Waals surface area contributed by atoms with Crippen molar-refractivity contribution in [3.8, 4) is 0 Å². The molecule has 1 atom stereocenters. The molecule has 0 aliphatic heterocycles. The zero-order valence-electron chi connectivity index (χ0n) is 17.9. The lowest BCUT2D eigenvalue weighted by Crippen LogP contribution is -2.32. The van der Waals surface area contributed by atoms with Gasteiger partial charge in [0.15, 0.2) is 5.76 Å². The van der Waals surface area contributed by atoms with Crippen LogP contribution in [-0.4, -0.2) is 28.5 Å². The molecule has 2 amide bonds. The molecule has 2 aromatic rings. The number of fused-ring (bicyclic) bond motifs is 1. The zero-order chi connectivity index (χ0) is 22.5. The van der Waals surface area contributed by atoms with Crippen LogP contribution in [0.2, 0.25) is 0 Å². The van der Waals surface area contributed by atoms with Crippen LogP contribution in [0.1, 0.15) is 66.1 Å². The highest BCUT2D eigenvalue weighted by atomic mass is 16.6. The number of amides is 2. The summed E-state index contributed by atoms with van der Waals surface area (Å²) in [5, 5.41) is 17.9. The summed E-state index contributed by atoms with van der Waals surface area (Å²) in [7, 11) is 0. The fourth-order valence-electron chi connectivity index (χ4n) is 3.48. The van der Waals surface area contributed by atoms with Crippen molar-refractivity contribution in [3.63, 3.8) is 0 Å². The topological polar surface area (TPSA) is 127 Å². The van der Waals surface area contributed by atoms with Crippen molar-refractivity contribution in [1.29, 1.82) is 0 Å². The SMILES string of the molecule is CCC(C)NC(=O)c1oc2c(c1C)/C(=N/NC(=O)Cc1ccc([N+](=O)[O-])cc1)CCC2. The molecule has 1 unspecified atom stereocenters. The van der Waals surface area contributed by atoms with Crippen molar-refractivity contribution in [2.75, 3.05) is 0 Å². The summed E-state index contributed by atoms with van der Waals surface area (Å²) in [5.74, 6) is 0.422. The van der Waals surface area contributed by atoms with E-state index in [0.29, 0.717) is 29.9 Å². The zero-order valence-corrected chi connectivity index (χ0v) is 17.9. The number of nitro groups is 1. The van der Waals surface area contributed by atoms with Gasteiger partial charge in [-0.1, -0.05) is 19.1 Å². The number of aryl methyl sites for hydroxylation is 1. The number of hydrazone groups is 1. The van der Waals surface area contributed by atoms with Crippen LogP contribution in [0.5, 0.6) is 0 Å². The van der Waals surface area contributed by atoms with Crippen LogP contribution in [0.3, 0.4) is 0 Å². The number of non-ortho nitro benzene ring substituents is 1. The normalized spacial score (nSPS) is 15.3. The number of furan rings is 1. The minimum Gasteiger partial charge on any atom is -0.455 e. The number of benzene rings is 1. The van der Waals surface area contributed by atoms with Crippen molar-refractivity contribution >= 4 is 23.2 Å². The third-order valence-electron chi connectivity index (χ3n) is 5.35. The molecule has 1 aliphatic carbocycles. The number of nitro benzene ring substituents is 1. The van der Waals surface area contributed by atoms with Crippen LogP contribution >= 0.6 is 0 Å². The molecule has 0 saturated heterocycles. The average Bonchev–Trinajstić information content (AvgIpc) is 3.09. The molecule has 9 nitrogen and oxygen atoms in total. The van der Waals surface area contributed by atoms with Crippen LogP contribution in [0.15, 0.2) is 33.8 Å². The van der Waals surface area contributed by atoms with E-state index in [-0.39, 0.29) is 35.7 Å². The number of carbonyl (C=O) groups is 2. The quantitative estimate of drug-likeness (QED) is 0.518. The summed E-state index contributed by atoms with van der Waals surface area (Å²) >= 11 is 0. The molecular weight excluding hydrogens is 400 g/mol. The monoisotopic (exact) mass is 426 g/mol. The number of hydrogen-bond donors (Lipinski definition) is 2. The largest absolute Gasteiger partial charge is 0.455 e. The second-order valence-electron chi connectivity index (χ2n) is 7.68. The highest BCUT2D eigenvalue weighted by Gasteiger charge is 2.28. The van der Waals surface area contributed by atoms with E-state index in [9.17, 15) is 19.7 Å². The Labute approximate surface area is 180 Å². The van der Waals surface area contributed by atoms with Gasteiger partial charge in [-0.3, -0.25) is 19.7 Å². The first-order valence-electron chi connectivity index (χ1n) is 10.3. The summed E-state index contributed by atoms with van der Waals surface area (Å²) in [6, 6.07) is 5.87. The minimum absolute atomic E-state index is 0.0252. The fraction of sp³-hybridized carbons (Fsp3) is 0.409.